The zero-order chi connectivity index (χ0) is 21.6. The average Bonchev–Trinajstić information content (AvgIpc) is 3.04. The molecule has 0 spiro atoms. The number of fused-ring (bicyclic) bond motifs is 5. The topological polar surface area (TPSA) is 63.7 Å². The van der Waals surface area contributed by atoms with Crippen molar-refractivity contribution in [2.75, 3.05) is 12.4 Å². The van der Waals surface area contributed by atoms with Crippen LogP contribution in [0.2, 0.25) is 0 Å². The molecule has 1 amide bonds. The monoisotopic (exact) mass is 459 g/mol. The van der Waals surface area contributed by atoms with E-state index in [-0.39, 0.29) is 35.8 Å². The number of amides is 1. The number of hydrogen-bond donors (Lipinski definition) is 0. The van der Waals surface area contributed by atoms with E-state index in [1.807, 2.05) is 29.2 Å². The first-order chi connectivity index (χ1) is 14.9. The summed E-state index contributed by atoms with van der Waals surface area (Å²) in [6.07, 6.45) is 3.91. The van der Waals surface area contributed by atoms with E-state index in [1.54, 1.807) is 0 Å². The van der Waals surface area contributed by atoms with E-state index in [0.29, 0.717) is 19.4 Å². The highest BCUT2D eigenvalue weighted by atomic mass is 35.7. The standard InChI is InChI=1S/C24H26ClNO4S/c25-31(28,29)15-16-12-17-6-5-7-18(13-16)26(17)24(27)30-14-23-21-10-3-1-8-19(21)20-9-2-4-11-22(20)23/h1-4,8-11,16-18,23H,5-7,12-15H2. The summed E-state index contributed by atoms with van der Waals surface area (Å²) in [5, 5.41) is 0. The van der Waals surface area contributed by atoms with Crippen LogP contribution in [0.15, 0.2) is 48.5 Å². The van der Waals surface area contributed by atoms with Crippen molar-refractivity contribution in [2.45, 2.75) is 50.1 Å². The van der Waals surface area contributed by atoms with Crippen LogP contribution in [0.3, 0.4) is 0 Å². The van der Waals surface area contributed by atoms with Crippen molar-refractivity contribution in [3.05, 3.63) is 59.7 Å². The number of carbonyl (C=O) groups excluding carboxylic acids is 1. The Morgan fingerprint density at radius 1 is 0.968 bits per heavy atom. The number of ether oxygens (including phenoxy) is 1. The summed E-state index contributed by atoms with van der Waals surface area (Å²) in [4.78, 5) is 15.0. The first kappa shape index (κ1) is 20.8. The van der Waals surface area contributed by atoms with E-state index >= 15 is 0 Å². The Balaban J connectivity index is 1.30. The van der Waals surface area contributed by atoms with Crippen molar-refractivity contribution < 1.29 is 17.9 Å². The van der Waals surface area contributed by atoms with Crippen molar-refractivity contribution in [3.63, 3.8) is 0 Å². The van der Waals surface area contributed by atoms with Gasteiger partial charge in [0.1, 0.15) is 6.61 Å². The lowest BCUT2D eigenvalue weighted by molar-refractivity contribution is 0.00852. The number of halogens is 1. The average molecular weight is 460 g/mol. The Bertz CT molecular complexity index is 1040. The summed E-state index contributed by atoms with van der Waals surface area (Å²) in [5.41, 5.74) is 4.81. The molecule has 0 N–H and O–H groups in total. The zero-order valence-corrected chi connectivity index (χ0v) is 18.8. The van der Waals surface area contributed by atoms with Crippen molar-refractivity contribution in [1.29, 1.82) is 0 Å². The predicted octanol–water partition coefficient (Wildman–Crippen LogP) is 5.14. The summed E-state index contributed by atoms with van der Waals surface area (Å²) in [6, 6.07) is 16.7. The SMILES string of the molecule is O=C(OCC1c2ccccc2-c2ccccc21)N1C2CCCC1CC(CS(=O)(=O)Cl)C2. The Morgan fingerprint density at radius 2 is 1.52 bits per heavy atom. The summed E-state index contributed by atoms with van der Waals surface area (Å²) in [5.74, 6) is 0.0330. The van der Waals surface area contributed by atoms with E-state index in [4.69, 9.17) is 15.4 Å². The van der Waals surface area contributed by atoms with Crippen LogP contribution in [0.4, 0.5) is 4.79 Å². The zero-order valence-electron chi connectivity index (χ0n) is 17.2. The van der Waals surface area contributed by atoms with Crippen LogP contribution >= 0.6 is 10.7 Å². The number of piperidine rings is 2. The molecule has 2 aromatic carbocycles. The van der Waals surface area contributed by atoms with Gasteiger partial charge in [0, 0.05) is 28.7 Å². The molecule has 2 aliphatic heterocycles. The number of nitrogens with zero attached hydrogens (tertiary/aromatic N) is 1. The molecule has 2 heterocycles. The van der Waals surface area contributed by atoms with Gasteiger partial charge in [0.05, 0.1) is 5.75 Å². The molecular formula is C24H26ClNO4S. The van der Waals surface area contributed by atoms with Gasteiger partial charge in [-0.2, -0.15) is 0 Å². The van der Waals surface area contributed by atoms with Crippen LogP contribution in [0.1, 0.15) is 49.1 Å². The molecule has 2 bridgehead atoms. The van der Waals surface area contributed by atoms with Crippen LogP contribution in [0.5, 0.6) is 0 Å². The van der Waals surface area contributed by atoms with Gasteiger partial charge in [-0.1, -0.05) is 48.5 Å². The lowest BCUT2D eigenvalue weighted by Gasteiger charge is -2.48. The first-order valence-electron chi connectivity index (χ1n) is 11.0. The summed E-state index contributed by atoms with van der Waals surface area (Å²) in [6.45, 7) is 0.308. The molecule has 0 aromatic heterocycles. The van der Waals surface area contributed by atoms with E-state index in [1.165, 1.54) is 22.3 Å². The highest BCUT2D eigenvalue weighted by molar-refractivity contribution is 8.13. The molecule has 31 heavy (non-hydrogen) atoms. The molecule has 5 rings (SSSR count). The molecule has 7 heteroatoms. The quantitative estimate of drug-likeness (QED) is 0.594. The molecular weight excluding hydrogens is 434 g/mol. The number of rotatable bonds is 4. The smallest absolute Gasteiger partial charge is 0.410 e. The summed E-state index contributed by atoms with van der Waals surface area (Å²) < 4.78 is 29.0. The fraction of sp³-hybridized carbons (Fsp3) is 0.458. The van der Waals surface area contributed by atoms with Crippen molar-refractivity contribution in [2.24, 2.45) is 5.92 Å². The summed E-state index contributed by atoms with van der Waals surface area (Å²) in [7, 11) is 1.96. The highest BCUT2D eigenvalue weighted by Gasteiger charge is 2.43. The fourth-order valence-electron chi connectivity index (χ4n) is 5.88. The van der Waals surface area contributed by atoms with Gasteiger partial charge < -0.3 is 9.64 Å². The molecule has 2 fully saturated rings. The van der Waals surface area contributed by atoms with E-state index < -0.39 is 9.05 Å². The van der Waals surface area contributed by atoms with Gasteiger partial charge in [-0.3, -0.25) is 0 Å². The van der Waals surface area contributed by atoms with E-state index in [0.717, 1.165) is 19.3 Å². The predicted molar refractivity (Wildman–Crippen MR) is 121 cm³/mol. The Hall–Kier alpha value is -2.05. The molecule has 0 saturated carbocycles. The Morgan fingerprint density at radius 3 is 2.06 bits per heavy atom. The second-order valence-corrected chi connectivity index (χ2v) is 11.8. The Labute approximate surface area is 187 Å². The van der Waals surface area contributed by atoms with Crippen LogP contribution < -0.4 is 0 Å². The second-order valence-electron chi connectivity index (χ2n) is 8.99. The molecule has 5 nitrogen and oxygen atoms in total. The second kappa shape index (κ2) is 8.14. The maximum absolute atomic E-state index is 13.1. The van der Waals surface area contributed by atoms with E-state index in [9.17, 15) is 13.2 Å². The van der Waals surface area contributed by atoms with Crippen LogP contribution in [-0.4, -0.2) is 43.9 Å². The molecule has 2 unspecified atom stereocenters. The van der Waals surface area contributed by atoms with Crippen LogP contribution in [0.25, 0.3) is 11.1 Å². The van der Waals surface area contributed by atoms with Gasteiger partial charge in [-0.15, -0.1) is 0 Å². The largest absolute Gasteiger partial charge is 0.448 e. The van der Waals surface area contributed by atoms with Gasteiger partial charge in [-0.25, -0.2) is 13.2 Å². The van der Waals surface area contributed by atoms with Crippen molar-refractivity contribution >= 4 is 25.8 Å². The molecule has 3 aliphatic rings. The lowest BCUT2D eigenvalue weighted by Crippen LogP contribution is -2.55. The minimum Gasteiger partial charge on any atom is -0.448 e. The first-order valence-corrected chi connectivity index (χ1v) is 13.4. The van der Waals surface area contributed by atoms with Gasteiger partial charge in [0.25, 0.3) is 0 Å². The van der Waals surface area contributed by atoms with Gasteiger partial charge in [-0.05, 0) is 60.3 Å². The Kier molecular flexibility index (Phi) is 5.47. The van der Waals surface area contributed by atoms with E-state index in [2.05, 4.69) is 24.3 Å². The minimum absolute atomic E-state index is 0.00966. The van der Waals surface area contributed by atoms with Gasteiger partial charge in [0.15, 0.2) is 0 Å². The van der Waals surface area contributed by atoms with Crippen LogP contribution in [-0.2, 0) is 13.8 Å². The summed E-state index contributed by atoms with van der Waals surface area (Å²) >= 11 is 0. The maximum atomic E-state index is 13.1. The number of hydrogen-bond acceptors (Lipinski definition) is 4. The van der Waals surface area contributed by atoms with Crippen LogP contribution in [0, 0.1) is 5.92 Å². The van der Waals surface area contributed by atoms with Gasteiger partial charge >= 0.3 is 6.09 Å². The fourth-order valence-corrected chi connectivity index (χ4v) is 7.25. The highest BCUT2D eigenvalue weighted by Crippen LogP contribution is 2.45. The van der Waals surface area contributed by atoms with Gasteiger partial charge in [0.2, 0.25) is 9.05 Å². The molecule has 2 atom stereocenters. The third-order valence-electron chi connectivity index (χ3n) is 7.05. The molecule has 1 aliphatic carbocycles. The number of carbonyl (C=O) groups is 1. The third-order valence-corrected chi connectivity index (χ3v) is 8.30. The lowest BCUT2D eigenvalue weighted by atomic mass is 9.79. The minimum atomic E-state index is -3.53. The molecule has 0 radical (unpaired) electrons. The normalized spacial score (nSPS) is 25.1. The third kappa shape index (κ3) is 4.08. The molecule has 2 saturated heterocycles. The number of benzene rings is 2. The molecule has 2 aromatic rings. The van der Waals surface area contributed by atoms with Crippen molar-refractivity contribution in [3.8, 4) is 11.1 Å². The molecule has 164 valence electrons. The van der Waals surface area contributed by atoms with Crippen molar-refractivity contribution in [1.82, 2.24) is 4.90 Å². The maximum Gasteiger partial charge on any atom is 0.410 e.